The summed E-state index contributed by atoms with van der Waals surface area (Å²) in [5.41, 5.74) is 2.93. The first-order valence-electron chi connectivity index (χ1n) is 11.7. The van der Waals surface area contributed by atoms with E-state index in [0.29, 0.717) is 27.5 Å². The van der Waals surface area contributed by atoms with Crippen molar-refractivity contribution in [1.29, 1.82) is 0 Å². The van der Waals surface area contributed by atoms with Crippen LogP contribution < -0.4 is 14.8 Å². The number of fused-ring (bicyclic) bond motifs is 1. The van der Waals surface area contributed by atoms with E-state index in [-0.39, 0.29) is 17.1 Å². The van der Waals surface area contributed by atoms with Gasteiger partial charge in [0.2, 0.25) is 15.9 Å². The number of sulfonamides is 1. The van der Waals surface area contributed by atoms with Crippen molar-refractivity contribution in [2.24, 2.45) is 0 Å². The second-order valence-corrected chi connectivity index (χ2v) is 12.1. The minimum absolute atomic E-state index is 0.0242. The van der Waals surface area contributed by atoms with E-state index in [1.54, 1.807) is 49.0 Å². The molecule has 200 valence electrons. The first-order chi connectivity index (χ1) is 18.7. The number of ether oxygens (including phenoxy) is 1. The quantitative estimate of drug-likeness (QED) is 0.175. The van der Waals surface area contributed by atoms with Crippen molar-refractivity contribution in [2.45, 2.75) is 17.4 Å². The lowest BCUT2D eigenvalue weighted by atomic mass is 10.0. The molecule has 4 N–H and O–H groups in total. The molecule has 5 aromatic rings. The van der Waals surface area contributed by atoms with E-state index in [4.69, 9.17) is 4.74 Å². The van der Waals surface area contributed by atoms with Crippen molar-refractivity contribution in [2.75, 3.05) is 12.4 Å². The van der Waals surface area contributed by atoms with Crippen LogP contribution in [0.2, 0.25) is 0 Å². The molecule has 0 saturated carbocycles. The lowest BCUT2D eigenvalue weighted by Gasteiger charge is -2.18. The highest BCUT2D eigenvalue weighted by Crippen LogP contribution is 2.28. The van der Waals surface area contributed by atoms with Crippen LogP contribution in [0.3, 0.4) is 0 Å². The van der Waals surface area contributed by atoms with Crippen molar-refractivity contribution in [3.05, 3.63) is 88.3 Å². The van der Waals surface area contributed by atoms with Gasteiger partial charge >= 0.3 is 0 Å². The van der Waals surface area contributed by atoms with Gasteiger partial charge in [0.05, 0.1) is 17.7 Å². The molecule has 0 aliphatic carbocycles. The van der Waals surface area contributed by atoms with Crippen LogP contribution in [-0.4, -0.2) is 42.6 Å². The number of phenolic OH excluding ortho intramolecular Hbond substituents is 1. The van der Waals surface area contributed by atoms with Crippen molar-refractivity contribution in [1.82, 2.24) is 14.7 Å². The average Bonchev–Trinajstić information content (AvgIpc) is 3.55. The zero-order valence-corrected chi connectivity index (χ0v) is 23.7. The number of nitrogens with zero attached hydrogens (tertiary/aromatic N) is 1. The summed E-state index contributed by atoms with van der Waals surface area (Å²) in [6, 6.07) is 17.1. The Bertz CT molecular complexity index is 1730. The molecule has 0 fully saturated rings. The highest BCUT2D eigenvalue weighted by atomic mass is 79.9. The van der Waals surface area contributed by atoms with Crippen LogP contribution in [0.15, 0.2) is 87.7 Å². The second kappa shape index (κ2) is 11.2. The largest absolute Gasteiger partial charge is 0.508 e. The molecule has 3 aromatic carbocycles. The van der Waals surface area contributed by atoms with Crippen LogP contribution in [0, 0.1) is 0 Å². The van der Waals surface area contributed by atoms with Crippen molar-refractivity contribution in [3.8, 4) is 22.8 Å². The van der Waals surface area contributed by atoms with E-state index in [1.165, 1.54) is 23.5 Å². The van der Waals surface area contributed by atoms with Gasteiger partial charge in [0.1, 0.15) is 17.5 Å². The number of rotatable bonds is 9. The maximum absolute atomic E-state index is 13.5. The Morgan fingerprint density at radius 1 is 1.13 bits per heavy atom. The Kier molecular flexibility index (Phi) is 7.71. The predicted octanol–water partition coefficient (Wildman–Crippen LogP) is 5.30. The molecule has 39 heavy (non-hydrogen) atoms. The van der Waals surface area contributed by atoms with E-state index < -0.39 is 22.0 Å². The van der Waals surface area contributed by atoms with Crippen molar-refractivity contribution < 1.29 is 23.1 Å². The van der Waals surface area contributed by atoms with Gasteiger partial charge in [-0.05, 0) is 78.7 Å². The number of anilines is 1. The van der Waals surface area contributed by atoms with Gasteiger partial charge in [-0.15, -0.1) is 11.3 Å². The van der Waals surface area contributed by atoms with Crippen molar-refractivity contribution >= 4 is 59.2 Å². The molecule has 0 radical (unpaired) electrons. The number of hydrogen-bond acceptors (Lipinski definition) is 7. The topological polar surface area (TPSA) is 133 Å². The minimum atomic E-state index is -4.04. The average molecular weight is 628 g/mol. The fourth-order valence-corrected chi connectivity index (χ4v) is 6.21. The van der Waals surface area contributed by atoms with Crippen LogP contribution in [0.25, 0.3) is 22.2 Å². The molecule has 0 saturated heterocycles. The summed E-state index contributed by atoms with van der Waals surface area (Å²) < 4.78 is 34.9. The number of aromatic amines is 1. The zero-order valence-electron chi connectivity index (χ0n) is 20.5. The van der Waals surface area contributed by atoms with Gasteiger partial charge in [0.15, 0.2) is 5.13 Å². The second-order valence-electron chi connectivity index (χ2n) is 8.63. The Labute approximate surface area is 237 Å². The first-order valence-corrected chi connectivity index (χ1v) is 14.8. The van der Waals surface area contributed by atoms with E-state index in [1.807, 2.05) is 24.3 Å². The van der Waals surface area contributed by atoms with Gasteiger partial charge < -0.3 is 20.1 Å². The lowest BCUT2D eigenvalue weighted by molar-refractivity contribution is -0.117. The summed E-state index contributed by atoms with van der Waals surface area (Å²) in [6.45, 7) is 0. The number of halogens is 1. The van der Waals surface area contributed by atoms with Gasteiger partial charge in [0, 0.05) is 32.5 Å². The molecule has 12 heteroatoms. The molecule has 0 unspecified atom stereocenters. The van der Waals surface area contributed by atoms with E-state index in [0.717, 1.165) is 15.6 Å². The van der Waals surface area contributed by atoms with Crippen LogP contribution in [0.5, 0.6) is 11.5 Å². The maximum Gasteiger partial charge on any atom is 0.244 e. The summed E-state index contributed by atoms with van der Waals surface area (Å²) in [7, 11) is -2.45. The summed E-state index contributed by atoms with van der Waals surface area (Å²) in [6.07, 6.45) is 1.73. The summed E-state index contributed by atoms with van der Waals surface area (Å²) in [5, 5.41) is 15.6. The molecule has 1 amide bonds. The zero-order chi connectivity index (χ0) is 27.6. The van der Waals surface area contributed by atoms with Crippen LogP contribution >= 0.6 is 27.3 Å². The number of phenols is 1. The number of amides is 1. The number of aromatic nitrogens is 2. The normalized spacial score (nSPS) is 12.4. The van der Waals surface area contributed by atoms with Gasteiger partial charge in [-0.1, -0.05) is 15.9 Å². The Morgan fingerprint density at radius 2 is 1.87 bits per heavy atom. The lowest BCUT2D eigenvalue weighted by Crippen LogP contribution is -2.45. The van der Waals surface area contributed by atoms with Crippen molar-refractivity contribution in [3.63, 3.8) is 0 Å². The number of nitrogens with one attached hydrogen (secondary N) is 3. The van der Waals surface area contributed by atoms with Crippen LogP contribution in [0.4, 0.5) is 5.13 Å². The molecule has 0 aliphatic heterocycles. The molecule has 9 nitrogen and oxygen atoms in total. The molecular formula is C27H23BrN4O5S2. The molecule has 5 rings (SSSR count). The molecular weight excluding hydrogens is 604 g/mol. The number of hydrogen-bond donors (Lipinski definition) is 4. The number of carbonyl (C=O) groups excluding carboxylic acids is 1. The summed E-state index contributed by atoms with van der Waals surface area (Å²) >= 11 is 4.54. The number of thiazole rings is 1. The standard InChI is InChI=1S/C27H23BrN4O5S2/c1-37-20-7-2-16(3-8-20)25-15-38-27(30-25)31-26(34)24(32-39(35,36)21-9-4-18(28)5-10-21)12-17-14-29-23-11-6-19(33)13-22(17)23/h2-11,13-15,24,29,32-33H,12H2,1H3,(H,30,31,34)/t24-/m0/s1. The highest BCUT2D eigenvalue weighted by molar-refractivity contribution is 9.10. The maximum atomic E-state index is 13.5. The molecule has 1 atom stereocenters. The number of carbonyl (C=O) groups is 1. The fraction of sp³-hybridized carbons (Fsp3) is 0.111. The Balaban J connectivity index is 1.42. The third kappa shape index (κ3) is 6.14. The van der Waals surface area contributed by atoms with E-state index in [2.05, 4.69) is 35.9 Å². The highest BCUT2D eigenvalue weighted by Gasteiger charge is 2.28. The predicted molar refractivity (Wildman–Crippen MR) is 155 cm³/mol. The summed E-state index contributed by atoms with van der Waals surface area (Å²) in [5.74, 6) is 0.212. The molecule has 2 aromatic heterocycles. The smallest absolute Gasteiger partial charge is 0.244 e. The van der Waals surface area contributed by atoms with Gasteiger partial charge in [-0.25, -0.2) is 13.4 Å². The van der Waals surface area contributed by atoms with Crippen LogP contribution in [-0.2, 0) is 21.2 Å². The minimum Gasteiger partial charge on any atom is -0.508 e. The number of aromatic hydroxyl groups is 1. The molecule has 0 aliphatic rings. The number of H-pyrrole nitrogens is 1. The SMILES string of the molecule is COc1ccc(-c2csc(NC(=O)[C@H](Cc3c[nH]c4ccc(O)cc34)NS(=O)(=O)c3ccc(Br)cc3)n2)cc1. The first kappa shape index (κ1) is 26.9. The third-order valence-electron chi connectivity index (χ3n) is 6.03. The van der Waals surface area contributed by atoms with Gasteiger partial charge in [-0.3, -0.25) is 4.79 Å². The Hall–Kier alpha value is -3.71. The molecule has 0 spiro atoms. The monoisotopic (exact) mass is 626 g/mol. The number of benzene rings is 3. The van der Waals surface area contributed by atoms with Crippen LogP contribution in [0.1, 0.15) is 5.56 Å². The molecule has 2 heterocycles. The number of methoxy groups -OCH3 is 1. The fourth-order valence-electron chi connectivity index (χ4n) is 4.03. The van der Waals surface area contributed by atoms with E-state index in [9.17, 15) is 18.3 Å². The Morgan fingerprint density at radius 3 is 2.59 bits per heavy atom. The van der Waals surface area contributed by atoms with Gasteiger partial charge in [0.25, 0.3) is 0 Å². The third-order valence-corrected chi connectivity index (χ3v) is 8.81. The van der Waals surface area contributed by atoms with Gasteiger partial charge in [-0.2, -0.15) is 4.72 Å². The molecule has 0 bridgehead atoms. The van der Waals surface area contributed by atoms with E-state index >= 15 is 0 Å². The summed E-state index contributed by atoms with van der Waals surface area (Å²) in [4.78, 5) is 21.1.